The average Bonchev–Trinajstić information content (AvgIpc) is 2.34. The van der Waals surface area contributed by atoms with Gasteiger partial charge in [0.05, 0.1) is 0 Å². The van der Waals surface area contributed by atoms with Crippen LogP contribution in [0.2, 0.25) is 5.15 Å². The van der Waals surface area contributed by atoms with Gasteiger partial charge in [-0.25, -0.2) is 15.0 Å². The van der Waals surface area contributed by atoms with Gasteiger partial charge in [0.1, 0.15) is 21.8 Å². The molecule has 0 aliphatic heterocycles. The van der Waals surface area contributed by atoms with Crippen molar-refractivity contribution >= 4 is 23.4 Å². The molecule has 0 aromatic carbocycles. The molecular formula is C14H16ClN3OS. The fraction of sp³-hybridized carbons (Fsp3) is 0.357. The van der Waals surface area contributed by atoms with Gasteiger partial charge >= 0.3 is 0 Å². The van der Waals surface area contributed by atoms with E-state index in [1.807, 2.05) is 32.9 Å². The summed E-state index contributed by atoms with van der Waals surface area (Å²) in [6.45, 7) is 6.94. The molecule has 0 N–H and O–H groups in total. The number of nitrogens with zero attached hydrogens (tertiary/aromatic N) is 3. The quantitative estimate of drug-likeness (QED) is 0.786. The molecule has 0 atom stereocenters. The van der Waals surface area contributed by atoms with Crippen LogP contribution in [0.3, 0.4) is 0 Å². The van der Waals surface area contributed by atoms with Crippen LogP contribution in [0.5, 0.6) is 0 Å². The lowest BCUT2D eigenvalue weighted by Gasteiger charge is -2.06. The maximum absolute atomic E-state index is 6.02. The van der Waals surface area contributed by atoms with Crippen molar-refractivity contribution in [3.05, 3.63) is 40.4 Å². The summed E-state index contributed by atoms with van der Waals surface area (Å²) in [7, 11) is 0. The Morgan fingerprint density at radius 1 is 1.10 bits per heavy atom. The minimum Gasteiger partial charge on any atom is -0.374 e. The molecule has 2 rings (SSSR count). The van der Waals surface area contributed by atoms with Crippen molar-refractivity contribution < 1.29 is 4.74 Å². The van der Waals surface area contributed by atoms with E-state index in [1.165, 1.54) is 17.3 Å². The van der Waals surface area contributed by atoms with E-state index in [0.717, 1.165) is 15.7 Å². The van der Waals surface area contributed by atoms with Gasteiger partial charge in [-0.1, -0.05) is 11.6 Å². The maximum Gasteiger partial charge on any atom is 0.157 e. The molecule has 0 unspecified atom stereocenters. The molecule has 4 nitrogen and oxygen atoms in total. The first-order chi connectivity index (χ1) is 9.56. The zero-order valence-corrected chi connectivity index (χ0v) is 13.3. The Balaban J connectivity index is 2.21. The normalized spacial score (nSPS) is 10.8. The number of hydrogen-bond acceptors (Lipinski definition) is 5. The molecule has 0 aliphatic carbocycles. The Labute approximate surface area is 128 Å². The van der Waals surface area contributed by atoms with Crippen LogP contribution < -0.4 is 0 Å². The number of pyridine rings is 1. The molecule has 0 fully saturated rings. The van der Waals surface area contributed by atoms with Gasteiger partial charge in [0.2, 0.25) is 0 Å². The number of aromatic nitrogens is 3. The number of aryl methyl sites for hydroxylation is 2. The topological polar surface area (TPSA) is 47.9 Å². The summed E-state index contributed by atoms with van der Waals surface area (Å²) in [5, 5.41) is 2.10. The summed E-state index contributed by atoms with van der Waals surface area (Å²) in [6, 6.07) is 5.80. The summed E-state index contributed by atoms with van der Waals surface area (Å²) in [4.78, 5) is 13.1. The third-order valence-electron chi connectivity index (χ3n) is 2.44. The minimum absolute atomic E-state index is 0.366. The molecule has 0 aliphatic rings. The first-order valence-electron chi connectivity index (χ1n) is 6.31. The molecule has 0 saturated heterocycles. The van der Waals surface area contributed by atoms with Gasteiger partial charge in [-0.3, -0.25) is 0 Å². The second-order valence-electron chi connectivity index (χ2n) is 4.31. The van der Waals surface area contributed by atoms with Crippen LogP contribution in [0, 0.1) is 13.8 Å². The van der Waals surface area contributed by atoms with Crippen molar-refractivity contribution in [1.82, 2.24) is 15.0 Å². The van der Waals surface area contributed by atoms with Crippen LogP contribution in [-0.2, 0) is 11.3 Å². The fourth-order valence-electron chi connectivity index (χ4n) is 1.72. The number of ether oxygens (including phenoxy) is 1. The van der Waals surface area contributed by atoms with E-state index >= 15 is 0 Å². The van der Waals surface area contributed by atoms with Crippen LogP contribution in [-0.4, -0.2) is 21.6 Å². The third kappa shape index (κ3) is 4.44. The standard InChI is InChI=1S/C14H16ClN3OS/c1-4-19-8-12-17-11(15)7-14(18-12)20-13-6-9(2)5-10(3)16-13/h5-7H,4,8H2,1-3H3. The van der Waals surface area contributed by atoms with E-state index in [9.17, 15) is 0 Å². The van der Waals surface area contributed by atoms with E-state index in [-0.39, 0.29) is 0 Å². The smallest absolute Gasteiger partial charge is 0.157 e. The Bertz CT molecular complexity index is 587. The molecule has 0 radical (unpaired) electrons. The summed E-state index contributed by atoms with van der Waals surface area (Å²) in [5.41, 5.74) is 2.16. The number of rotatable bonds is 5. The number of halogens is 1. The maximum atomic E-state index is 6.02. The van der Waals surface area contributed by atoms with E-state index in [0.29, 0.717) is 24.2 Å². The largest absolute Gasteiger partial charge is 0.374 e. The lowest BCUT2D eigenvalue weighted by molar-refractivity contribution is 0.128. The Morgan fingerprint density at radius 3 is 2.55 bits per heavy atom. The highest BCUT2D eigenvalue weighted by atomic mass is 35.5. The lowest BCUT2D eigenvalue weighted by Crippen LogP contribution is -2.00. The van der Waals surface area contributed by atoms with Crippen molar-refractivity contribution in [1.29, 1.82) is 0 Å². The van der Waals surface area contributed by atoms with Gasteiger partial charge in [0, 0.05) is 18.4 Å². The summed E-state index contributed by atoms with van der Waals surface area (Å²) in [6.07, 6.45) is 0. The molecule has 2 heterocycles. The molecule has 0 amide bonds. The van der Waals surface area contributed by atoms with Crippen LogP contribution in [0.4, 0.5) is 0 Å². The van der Waals surface area contributed by atoms with E-state index in [2.05, 4.69) is 15.0 Å². The van der Waals surface area contributed by atoms with Crippen LogP contribution >= 0.6 is 23.4 Å². The fourth-order valence-corrected chi connectivity index (χ4v) is 2.95. The van der Waals surface area contributed by atoms with E-state index in [1.54, 1.807) is 6.07 Å². The zero-order valence-electron chi connectivity index (χ0n) is 11.7. The summed E-state index contributed by atoms with van der Waals surface area (Å²) in [5.74, 6) is 0.589. The minimum atomic E-state index is 0.366. The Hall–Kier alpha value is -1.17. The molecule has 0 bridgehead atoms. The van der Waals surface area contributed by atoms with Crippen molar-refractivity contribution in [2.24, 2.45) is 0 Å². The van der Waals surface area contributed by atoms with Crippen LogP contribution in [0.1, 0.15) is 24.0 Å². The molecule has 20 heavy (non-hydrogen) atoms. The number of hydrogen-bond donors (Lipinski definition) is 0. The predicted molar refractivity (Wildman–Crippen MR) is 80.2 cm³/mol. The molecule has 0 saturated carbocycles. The zero-order chi connectivity index (χ0) is 14.5. The van der Waals surface area contributed by atoms with Crippen molar-refractivity contribution in [2.75, 3.05) is 6.61 Å². The van der Waals surface area contributed by atoms with E-state index in [4.69, 9.17) is 16.3 Å². The van der Waals surface area contributed by atoms with Crippen molar-refractivity contribution in [3.8, 4) is 0 Å². The van der Waals surface area contributed by atoms with Gasteiger partial charge < -0.3 is 4.74 Å². The molecule has 2 aromatic rings. The van der Waals surface area contributed by atoms with Crippen molar-refractivity contribution in [3.63, 3.8) is 0 Å². The van der Waals surface area contributed by atoms with Gasteiger partial charge in [-0.15, -0.1) is 0 Å². The average molecular weight is 310 g/mol. The molecule has 2 aromatic heterocycles. The summed E-state index contributed by atoms with van der Waals surface area (Å²) >= 11 is 7.49. The van der Waals surface area contributed by atoms with Crippen LogP contribution in [0.15, 0.2) is 28.3 Å². The second kappa shape index (κ2) is 7.02. The lowest BCUT2D eigenvalue weighted by atomic mass is 10.3. The molecule has 6 heteroatoms. The summed E-state index contributed by atoms with van der Waals surface area (Å²) < 4.78 is 5.31. The highest BCUT2D eigenvalue weighted by Crippen LogP contribution is 2.27. The van der Waals surface area contributed by atoms with E-state index < -0.39 is 0 Å². The third-order valence-corrected chi connectivity index (χ3v) is 3.47. The van der Waals surface area contributed by atoms with Gasteiger partial charge in [0.25, 0.3) is 0 Å². The molecule has 106 valence electrons. The first kappa shape index (κ1) is 15.2. The first-order valence-corrected chi connectivity index (χ1v) is 7.50. The predicted octanol–water partition coefficient (Wildman–Crippen LogP) is 3.83. The highest BCUT2D eigenvalue weighted by Gasteiger charge is 2.07. The molecular weight excluding hydrogens is 294 g/mol. The van der Waals surface area contributed by atoms with Gasteiger partial charge in [0.15, 0.2) is 5.82 Å². The Morgan fingerprint density at radius 2 is 1.85 bits per heavy atom. The Kier molecular flexibility index (Phi) is 5.34. The second-order valence-corrected chi connectivity index (χ2v) is 5.74. The van der Waals surface area contributed by atoms with Crippen molar-refractivity contribution in [2.45, 2.75) is 37.4 Å². The molecule has 0 spiro atoms. The van der Waals surface area contributed by atoms with Crippen LogP contribution in [0.25, 0.3) is 0 Å². The van der Waals surface area contributed by atoms with Gasteiger partial charge in [-0.05, 0) is 50.2 Å². The SMILES string of the molecule is CCOCc1nc(Cl)cc(Sc2cc(C)cc(C)n2)n1. The monoisotopic (exact) mass is 309 g/mol. The highest BCUT2D eigenvalue weighted by molar-refractivity contribution is 7.99. The van der Waals surface area contributed by atoms with Gasteiger partial charge in [-0.2, -0.15) is 0 Å².